The number of aliphatic hydroxyl groups excluding tert-OH is 1. The van der Waals surface area contributed by atoms with Gasteiger partial charge in [0.1, 0.15) is 12.4 Å². The summed E-state index contributed by atoms with van der Waals surface area (Å²) in [5.74, 6) is 0.513. The Kier molecular flexibility index (Phi) is 2.54. The van der Waals surface area contributed by atoms with E-state index in [0.29, 0.717) is 10.2 Å². The molecule has 1 atom stereocenters. The Morgan fingerprint density at radius 2 is 2.43 bits per heavy atom. The Morgan fingerprint density at radius 3 is 2.93 bits per heavy atom. The first-order valence-electron chi connectivity index (χ1n) is 3.94. The molecular formula is C8H8ClN3OS. The molecule has 1 N–H and O–H groups in total. The zero-order chi connectivity index (χ0) is 10.1. The number of aliphatic hydroxyl groups is 1. The normalized spacial score (nSPS) is 13.1. The van der Waals surface area contributed by atoms with Crippen molar-refractivity contribution in [3.8, 4) is 0 Å². The van der Waals surface area contributed by atoms with Gasteiger partial charge in [-0.2, -0.15) is 5.10 Å². The van der Waals surface area contributed by atoms with Crippen LogP contribution in [0.1, 0.15) is 17.5 Å². The summed E-state index contributed by atoms with van der Waals surface area (Å²) >= 11 is 7.15. The molecule has 2 heterocycles. The van der Waals surface area contributed by atoms with E-state index in [1.165, 1.54) is 22.3 Å². The first kappa shape index (κ1) is 9.64. The first-order chi connectivity index (χ1) is 6.68. The van der Waals surface area contributed by atoms with Crippen LogP contribution in [0.25, 0.3) is 0 Å². The third-order valence-corrected chi connectivity index (χ3v) is 3.00. The van der Waals surface area contributed by atoms with Crippen LogP contribution < -0.4 is 0 Å². The van der Waals surface area contributed by atoms with Crippen LogP contribution in [0.3, 0.4) is 0 Å². The Bertz CT molecular complexity index is 439. The molecule has 0 aliphatic heterocycles. The second-order valence-electron chi connectivity index (χ2n) is 2.83. The molecular weight excluding hydrogens is 222 g/mol. The fourth-order valence-electron chi connectivity index (χ4n) is 1.17. The predicted octanol–water partition coefficient (Wildman–Crippen LogP) is 1.61. The maximum atomic E-state index is 9.90. The molecule has 0 fully saturated rings. The van der Waals surface area contributed by atoms with Crippen molar-refractivity contribution >= 4 is 22.9 Å². The topological polar surface area (TPSA) is 50.9 Å². The van der Waals surface area contributed by atoms with E-state index in [4.69, 9.17) is 11.6 Å². The fourth-order valence-corrected chi connectivity index (χ4v) is 2.08. The average molecular weight is 230 g/mol. The van der Waals surface area contributed by atoms with Gasteiger partial charge in [-0.25, -0.2) is 4.98 Å². The number of aromatic nitrogens is 3. The van der Waals surface area contributed by atoms with E-state index in [0.717, 1.165) is 5.56 Å². The van der Waals surface area contributed by atoms with Crippen LogP contribution in [0.4, 0.5) is 0 Å². The second-order valence-corrected chi connectivity index (χ2v) is 4.37. The van der Waals surface area contributed by atoms with Gasteiger partial charge in [0.25, 0.3) is 0 Å². The van der Waals surface area contributed by atoms with Gasteiger partial charge in [-0.15, -0.1) is 11.3 Å². The Labute approximate surface area is 89.8 Å². The molecule has 1 unspecified atom stereocenters. The highest BCUT2D eigenvalue weighted by atomic mass is 35.5. The predicted molar refractivity (Wildman–Crippen MR) is 54.4 cm³/mol. The summed E-state index contributed by atoms with van der Waals surface area (Å²) < 4.78 is 2.19. The van der Waals surface area contributed by atoms with Crippen LogP contribution >= 0.6 is 22.9 Å². The largest absolute Gasteiger partial charge is 0.380 e. The van der Waals surface area contributed by atoms with Crippen molar-refractivity contribution in [1.82, 2.24) is 14.8 Å². The molecule has 74 valence electrons. The monoisotopic (exact) mass is 229 g/mol. The summed E-state index contributed by atoms with van der Waals surface area (Å²) in [6, 6.07) is 1.73. The molecule has 0 aromatic carbocycles. The van der Waals surface area contributed by atoms with Crippen molar-refractivity contribution in [2.24, 2.45) is 7.05 Å². The van der Waals surface area contributed by atoms with Crippen LogP contribution in [0, 0.1) is 0 Å². The van der Waals surface area contributed by atoms with E-state index in [1.54, 1.807) is 13.1 Å². The van der Waals surface area contributed by atoms with Crippen LogP contribution in [-0.2, 0) is 7.05 Å². The minimum absolute atomic E-state index is 0.513. The summed E-state index contributed by atoms with van der Waals surface area (Å²) in [7, 11) is 1.74. The fraction of sp³-hybridized carbons (Fsp3) is 0.250. The quantitative estimate of drug-likeness (QED) is 0.851. The Hall–Kier alpha value is -0.910. The molecule has 14 heavy (non-hydrogen) atoms. The molecule has 0 aliphatic carbocycles. The van der Waals surface area contributed by atoms with Gasteiger partial charge in [-0.3, -0.25) is 4.68 Å². The summed E-state index contributed by atoms with van der Waals surface area (Å²) in [5.41, 5.74) is 0.746. The molecule has 0 saturated carbocycles. The van der Waals surface area contributed by atoms with Gasteiger partial charge in [-0.1, -0.05) is 11.6 Å². The van der Waals surface area contributed by atoms with Crippen molar-refractivity contribution in [1.29, 1.82) is 0 Å². The van der Waals surface area contributed by atoms with Crippen molar-refractivity contribution in [2.75, 3.05) is 0 Å². The lowest BCUT2D eigenvalue weighted by atomic mass is 10.2. The standard InChI is InChI=1S/C8H8ClN3OS/c1-12-8(10-4-11-12)7(13)5-2-6(9)14-3-5/h2-4,7,13H,1H3. The molecule has 0 bridgehead atoms. The summed E-state index contributed by atoms with van der Waals surface area (Å²) in [6.07, 6.45) is 0.651. The van der Waals surface area contributed by atoms with Crippen LogP contribution in [-0.4, -0.2) is 19.9 Å². The molecule has 6 heteroatoms. The van der Waals surface area contributed by atoms with Crippen LogP contribution in [0.2, 0.25) is 4.34 Å². The van der Waals surface area contributed by atoms with Crippen molar-refractivity contribution < 1.29 is 5.11 Å². The lowest BCUT2D eigenvalue weighted by molar-refractivity contribution is 0.205. The van der Waals surface area contributed by atoms with E-state index >= 15 is 0 Å². The van der Waals surface area contributed by atoms with Gasteiger partial charge in [0.15, 0.2) is 5.82 Å². The highest BCUT2D eigenvalue weighted by Gasteiger charge is 2.16. The Balaban J connectivity index is 2.33. The lowest BCUT2D eigenvalue weighted by Gasteiger charge is -2.06. The van der Waals surface area contributed by atoms with Crippen molar-refractivity contribution in [3.63, 3.8) is 0 Å². The Morgan fingerprint density at radius 1 is 1.64 bits per heavy atom. The molecule has 2 aromatic rings. The van der Waals surface area contributed by atoms with Crippen LogP contribution in [0.15, 0.2) is 17.8 Å². The number of halogens is 1. The van der Waals surface area contributed by atoms with Crippen molar-refractivity contribution in [2.45, 2.75) is 6.10 Å². The molecule has 0 spiro atoms. The third-order valence-electron chi connectivity index (χ3n) is 1.89. The molecule has 0 amide bonds. The number of thiophene rings is 1. The van der Waals surface area contributed by atoms with Gasteiger partial charge in [0, 0.05) is 12.6 Å². The maximum absolute atomic E-state index is 9.90. The van der Waals surface area contributed by atoms with E-state index in [2.05, 4.69) is 10.1 Å². The summed E-state index contributed by atoms with van der Waals surface area (Å²) in [6.45, 7) is 0. The van der Waals surface area contributed by atoms with E-state index in [1.807, 2.05) is 5.38 Å². The van der Waals surface area contributed by atoms with Gasteiger partial charge in [-0.05, 0) is 11.4 Å². The number of hydrogen-bond donors (Lipinski definition) is 1. The highest BCUT2D eigenvalue weighted by Crippen LogP contribution is 2.27. The number of aryl methyl sites for hydroxylation is 1. The average Bonchev–Trinajstić information content (AvgIpc) is 2.73. The number of nitrogens with zero attached hydrogens (tertiary/aromatic N) is 3. The molecule has 2 aromatic heterocycles. The van der Waals surface area contributed by atoms with Gasteiger partial charge < -0.3 is 5.11 Å². The van der Waals surface area contributed by atoms with Gasteiger partial charge >= 0.3 is 0 Å². The second kappa shape index (κ2) is 3.68. The number of hydrogen-bond acceptors (Lipinski definition) is 4. The zero-order valence-electron chi connectivity index (χ0n) is 7.38. The molecule has 0 saturated heterocycles. The minimum atomic E-state index is -0.758. The highest BCUT2D eigenvalue weighted by molar-refractivity contribution is 7.14. The third kappa shape index (κ3) is 1.66. The maximum Gasteiger partial charge on any atom is 0.160 e. The van der Waals surface area contributed by atoms with E-state index in [-0.39, 0.29) is 0 Å². The smallest absolute Gasteiger partial charge is 0.160 e. The summed E-state index contributed by atoms with van der Waals surface area (Å²) in [4.78, 5) is 3.96. The van der Waals surface area contributed by atoms with Crippen molar-refractivity contribution in [3.05, 3.63) is 33.5 Å². The molecule has 2 rings (SSSR count). The van der Waals surface area contributed by atoms with Crippen LogP contribution in [0.5, 0.6) is 0 Å². The van der Waals surface area contributed by atoms with Gasteiger partial charge in [0.05, 0.1) is 4.34 Å². The lowest BCUT2D eigenvalue weighted by Crippen LogP contribution is -2.07. The van der Waals surface area contributed by atoms with E-state index in [9.17, 15) is 5.11 Å². The molecule has 0 radical (unpaired) electrons. The molecule has 0 aliphatic rings. The summed E-state index contributed by atoms with van der Waals surface area (Å²) in [5, 5.41) is 15.6. The van der Waals surface area contributed by atoms with Gasteiger partial charge in [0.2, 0.25) is 0 Å². The zero-order valence-corrected chi connectivity index (χ0v) is 8.96. The number of rotatable bonds is 2. The minimum Gasteiger partial charge on any atom is -0.380 e. The first-order valence-corrected chi connectivity index (χ1v) is 5.20. The molecule has 4 nitrogen and oxygen atoms in total. The SMILES string of the molecule is Cn1ncnc1C(O)c1csc(Cl)c1. The van der Waals surface area contributed by atoms with E-state index < -0.39 is 6.10 Å².